The Kier molecular flexibility index (Phi) is 2.91. The van der Waals surface area contributed by atoms with Crippen molar-refractivity contribution in [3.63, 3.8) is 0 Å². The molecule has 18 heavy (non-hydrogen) atoms. The highest BCUT2D eigenvalue weighted by molar-refractivity contribution is 7.13. The lowest BCUT2D eigenvalue weighted by molar-refractivity contribution is -0.120. The van der Waals surface area contributed by atoms with Crippen LogP contribution in [0.3, 0.4) is 0 Å². The quantitative estimate of drug-likeness (QED) is 0.921. The Morgan fingerprint density at radius 3 is 3.11 bits per heavy atom. The second kappa shape index (κ2) is 4.57. The molecule has 5 heteroatoms. The van der Waals surface area contributed by atoms with E-state index in [1.165, 1.54) is 0 Å². The Balaban J connectivity index is 1.73. The highest BCUT2D eigenvalue weighted by atomic mass is 32.1. The number of amides is 1. The summed E-state index contributed by atoms with van der Waals surface area (Å²) in [5, 5.41) is 4.94. The monoisotopic (exact) mass is 262 g/mol. The van der Waals surface area contributed by atoms with E-state index in [-0.39, 0.29) is 5.91 Å². The van der Waals surface area contributed by atoms with Gasteiger partial charge >= 0.3 is 0 Å². The molecule has 0 aromatic carbocycles. The summed E-state index contributed by atoms with van der Waals surface area (Å²) in [6.45, 7) is 1.85. The lowest BCUT2D eigenvalue weighted by Gasteiger charge is -2.00. The minimum atomic E-state index is 0.0339. The number of aryl methyl sites for hydroxylation is 1. The van der Waals surface area contributed by atoms with Gasteiger partial charge in [0.1, 0.15) is 5.76 Å². The van der Waals surface area contributed by atoms with Crippen LogP contribution in [0, 0.1) is 6.92 Å². The topological polar surface area (TPSA) is 55.1 Å². The summed E-state index contributed by atoms with van der Waals surface area (Å²) in [6, 6.07) is 4.31. The van der Waals surface area contributed by atoms with E-state index in [1.807, 2.05) is 24.4 Å². The predicted octanol–water partition coefficient (Wildman–Crippen LogP) is 2.53. The van der Waals surface area contributed by atoms with Gasteiger partial charge in [-0.15, -0.1) is 11.3 Å². The Bertz CT molecular complexity index is 556. The number of rotatable bonds is 4. The second-order valence-corrected chi connectivity index (χ2v) is 5.47. The molecule has 0 bridgehead atoms. The maximum absolute atomic E-state index is 11.7. The highest BCUT2D eigenvalue weighted by Gasteiger charge is 2.24. The van der Waals surface area contributed by atoms with Gasteiger partial charge in [-0.25, -0.2) is 4.98 Å². The van der Waals surface area contributed by atoms with Gasteiger partial charge in [-0.2, -0.15) is 0 Å². The lowest BCUT2D eigenvalue weighted by atomic mass is 10.2. The van der Waals surface area contributed by atoms with E-state index in [4.69, 9.17) is 4.42 Å². The zero-order valence-electron chi connectivity index (χ0n) is 10.1. The number of thiophene rings is 1. The van der Waals surface area contributed by atoms with Gasteiger partial charge in [-0.1, -0.05) is 6.07 Å². The first-order valence-corrected chi connectivity index (χ1v) is 6.90. The van der Waals surface area contributed by atoms with E-state index in [0.29, 0.717) is 18.4 Å². The third-order valence-corrected chi connectivity index (χ3v) is 3.75. The van der Waals surface area contributed by atoms with Gasteiger partial charge in [-0.3, -0.25) is 4.79 Å². The Labute approximate surface area is 109 Å². The average Bonchev–Trinajstić information content (AvgIpc) is 2.86. The maximum atomic E-state index is 11.7. The molecule has 3 rings (SSSR count). The number of hydrogen-bond donors (Lipinski definition) is 1. The largest absolute Gasteiger partial charge is 0.440 e. The standard InChI is InChI=1S/C13H14N2O2S/c1-8-10(7-12(16)14-9-4-5-9)15-13(17-8)11-3-2-6-18-11/h2-3,6,9H,4-5,7H2,1H3,(H,14,16). The van der Waals surface area contributed by atoms with Crippen molar-refractivity contribution >= 4 is 17.2 Å². The lowest BCUT2D eigenvalue weighted by Crippen LogP contribution is -2.27. The number of aromatic nitrogens is 1. The summed E-state index contributed by atoms with van der Waals surface area (Å²) in [5.41, 5.74) is 0.733. The number of nitrogens with one attached hydrogen (secondary N) is 1. The molecule has 1 aliphatic rings. The molecule has 4 nitrogen and oxygen atoms in total. The van der Waals surface area contributed by atoms with E-state index >= 15 is 0 Å². The van der Waals surface area contributed by atoms with Crippen LogP contribution < -0.4 is 5.32 Å². The average molecular weight is 262 g/mol. The fraction of sp³-hybridized carbons (Fsp3) is 0.385. The van der Waals surface area contributed by atoms with Crippen molar-refractivity contribution in [3.8, 4) is 10.8 Å². The van der Waals surface area contributed by atoms with Crippen molar-refractivity contribution in [3.05, 3.63) is 29.0 Å². The van der Waals surface area contributed by atoms with Gasteiger partial charge in [0.15, 0.2) is 0 Å². The van der Waals surface area contributed by atoms with Crippen molar-refractivity contribution in [1.82, 2.24) is 10.3 Å². The first-order chi connectivity index (χ1) is 8.72. The summed E-state index contributed by atoms with van der Waals surface area (Å²) in [4.78, 5) is 17.1. The predicted molar refractivity (Wildman–Crippen MR) is 69.4 cm³/mol. The van der Waals surface area contributed by atoms with Crippen LogP contribution in [0.4, 0.5) is 0 Å². The van der Waals surface area contributed by atoms with Crippen LogP contribution in [0.5, 0.6) is 0 Å². The summed E-state index contributed by atoms with van der Waals surface area (Å²) < 4.78 is 5.60. The molecule has 2 aromatic heterocycles. The molecule has 1 saturated carbocycles. The molecule has 0 aliphatic heterocycles. The molecule has 94 valence electrons. The van der Waals surface area contributed by atoms with Crippen LogP contribution >= 0.6 is 11.3 Å². The van der Waals surface area contributed by atoms with Gasteiger partial charge in [-0.05, 0) is 31.2 Å². The van der Waals surface area contributed by atoms with E-state index in [0.717, 1.165) is 29.2 Å². The second-order valence-electron chi connectivity index (χ2n) is 4.52. The molecule has 2 aromatic rings. The first-order valence-electron chi connectivity index (χ1n) is 6.02. The third kappa shape index (κ3) is 2.46. The van der Waals surface area contributed by atoms with Gasteiger partial charge in [0.05, 0.1) is 17.0 Å². The smallest absolute Gasteiger partial charge is 0.236 e. The van der Waals surface area contributed by atoms with E-state index in [1.54, 1.807) is 11.3 Å². The molecule has 0 saturated heterocycles. The molecule has 0 radical (unpaired) electrons. The molecule has 0 spiro atoms. The number of nitrogens with zero attached hydrogens (tertiary/aromatic N) is 1. The molecular weight excluding hydrogens is 248 g/mol. The number of carbonyl (C=O) groups is 1. The van der Waals surface area contributed by atoms with Gasteiger partial charge < -0.3 is 9.73 Å². The van der Waals surface area contributed by atoms with Crippen molar-refractivity contribution < 1.29 is 9.21 Å². The zero-order chi connectivity index (χ0) is 12.5. The van der Waals surface area contributed by atoms with Gasteiger partial charge in [0.2, 0.25) is 11.8 Å². The fourth-order valence-electron chi connectivity index (χ4n) is 1.76. The van der Waals surface area contributed by atoms with Crippen LogP contribution in [0.25, 0.3) is 10.8 Å². The number of carbonyl (C=O) groups excluding carboxylic acids is 1. The Morgan fingerprint density at radius 1 is 1.61 bits per heavy atom. The molecule has 1 aliphatic carbocycles. The first kappa shape index (κ1) is 11.5. The SMILES string of the molecule is Cc1oc(-c2cccs2)nc1CC(=O)NC1CC1. The van der Waals surface area contributed by atoms with E-state index in [2.05, 4.69) is 10.3 Å². The van der Waals surface area contributed by atoms with Crippen LogP contribution in [0.2, 0.25) is 0 Å². The van der Waals surface area contributed by atoms with Gasteiger partial charge in [0.25, 0.3) is 0 Å². The van der Waals surface area contributed by atoms with Crippen LogP contribution in [-0.4, -0.2) is 16.9 Å². The fourth-order valence-corrected chi connectivity index (χ4v) is 2.41. The van der Waals surface area contributed by atoms with Crippen LogP contribution in [0.15, 0.2) is 21.9 Å². The van der Waals surface area contributed by atoms with Crippen molar-refractivity contribution in [2.75, 3.05) is 0 Å². The minimum Gasteiger partial charge on any atom is -0.440 e. The molecule has 0 atom stereocenters. The summed E-state index contributed by atoms with van der Waals surface area (Å²) in [6.07, 6.45) is 2.51. The number of hydrogen-bond acceptors (Lipinski definition) is 4. The van der Waals surface area contributed by atoms with Gasteiger partial charge in [0, 0.05) is 6.04 Å². The van der Waals surface area contributed by atoms with E-state index in [9.17, 15) is 4.79 Å². The van der Waals surface area contributed by atoms with Crippen LogP contribution in [-0.2, 0) is 11.2 Å². The summed E-state index contributed by atoms with van der Waals surface area (Å²) in [5.74, 6) is 1.37. The van der Waals surface area contributed by atoms with Crippen molar-refractivity contribution in [2.45, 2.75) is 32.2 Å². The molecule has 1 fully saturated rings. The Hall–Kier alpha value is -1.62. The minimum absolute atomic E-state index is 0.0339. The Morgan fingerprint density at radius 2 is 2.44 bits per heavy atom. The normalized spacial score (nSPS) is 14.7. The number of oxazole rings is 1. The summed E-state index contributed by atoms with van der Waals surface area (Å²) >= 11 is 1.58. The maximum Gasteiger partial charge on any atom is 0.236 e. The third-order valence-electron chi connectivity index (χ3n) is 2.90. The molecular formula is C13H14N2O2S. The zero-order valence-corrected chi connectivity index (χ0v) is 10.9. The molecule has 1 N–H and O–H groups in total. The van der Waals surface area contributed by atoms with Crippen molar-refractivity contribution in [2.24, 2.45) is 0 Å². The highest BCUT2D eigenvalue weighted by Crippen LogP contribution is 2.26. The molecule has 1 amide bonds. The summed E-state index contributed by atoms with van der Waals surface area (Å²) in [7, 11) is 0. The molecule has 2 heterocycles. The van der Waals surface area contributed by atoms with E-state index < -0.39 is 0 Å². The van der Waals surface area contributed by atoms with Crippen LogP contribution in [0.1, 0.15) is 24.3 Å². The molecule has 0 unspecified atom stereocenters. The van der Waals surface area contributed by atoms with Crippen molar-refractivity contribution in [1.29, 1.82) is 0 Å².